The van der Waals surface area contributed by atoms with Crippen LogP contribution in [-0.4, -0.2) is 76.3 Å². The topological polar surface area (TPSA) is 75.4 Å². The average Bonchev–Trinajstić information content (AvgIpc) is 2.66. The molecule has 0 amide bonds. The number of nitrogens with two attached hydrogens (primary N) is 1. The molecule has 0 saturated carbocycles. The van der Waals surface area contributed by atoms with Crippen LogP contribution in [0.3, 0.4) is 0 Å². The number of piperazine rings is 1. The molecule has 1 aromatic rings. The van der Waals surface area contributed by atoms with Crippen LogP contribution in [0.1, 0.15) is 12.5 Å². The zero-order valence-electron chi connectivity index (χ0n) is 16.5. The van der Waals surface area contributed by atoms with Crippen LogP contribution >= 0.6 is 0 Å². The highest BCUT2D eigenvalue weighted by molar-refractivity contribution is 5.77. The number of benzene rings is 1. The number of hydrogen-bond donors (Lipinski definition) is 2. The maximum atomic E-state index is 6.01. The van der Waals surface area contributed by atoms with E-state index in [-0.39, 0.29) is 0 Å². The number of ether oxygens (including phenoxy) is 2. The maximum Gasteiger partial charge on any atom is 0.188 e. The van der Waals surface area contributed by atoms with Gasteiger partial charge in [0.25, 0.3) is 0 Å². The molecule has 0 spiro atoms. The van der Waals surface area contributed by atoms with Gasteiger partial charge in [0.05, 0.1) is 20.8 Å². The number of hydrogen-bond acceptors (Lipinski definition) is 5. The SMILES string of the molecule is COc1ccc(CN=C(N)NCC(C)CN2CCN(C)CC2)cc1OC. The summed E-state index contributed by atoms with van der Waals surface area (Å²) in [7, 11) is 5.43. The third-order valence-corrected chi connectivity index (χ3v) is 4.68. The summed E-state index contributed by atoms with van der Waals surface area (Å²) < 4.78 is 10.6. The molecule has 1 fully saturated rings. The molecule has 0 bridgehead atoms. The summed E-state index contributed by atoms with van der Waals surface area (Å²) in [5, 5.41) is 3.24. The molecule has 0 aromatic heterocycles. The van der Waals surface area contributed by atoms with Crippen LogP contribution in [0.2, 0.25) is 0 Å². The van der Waals surface area contributed by atoms with Gasteiger partial charge in [-0.1, -0.05) is 13.0 Å². The van der Waals surface area contributed by atoms with E-state index in [1.807, 2.05) is 18.2 Å². The van der Waals surface area contributed by atoms with Gasteiger partial charge in [-0.15, -0.1) is 0 Å². The Balaban J connectivity index is 1.75. The van der Waals surface area contributed by atoms with Crippen molar-refractivity contribution in [3.63, 3.8) is 0 Å². The predicted molar refractivity (Wildman–Crippen MR) is 106 cm³/mol. The van der Waals surface area contributed by atoms with Crippen LogP contribution in [-0.2, 0) is 6.54 Å². The minimum absolute atomic E-state index is 0.477. The summed E-state index contributed by atoms with van der Waals surface area (Å²) in [6.07, 6.45) is 0. The van der Waals surface area contributed by atoms with Crippen LogP contribution in [0.5, 0.6) is 11.5 Å². The second-order valence-corrected chi connectivity index (χ2v) is 6.98. The van der Waals surface area contributed by atoms with E-state index in [2.05, 4.69) is 34.1 Å². The summed E-state index contributed by atoms with van der Waals surface area (Å²) in [5.41, 5.74) is 7.04. The van der Waals surface area contributed by atoms with Gasteiger partial charge in [-0.25, -0.2) is 4.99 Å². The maximum absolute atomic E-state index is 6.01. The summed E-state index contributed by atoms with van der Waals surface area (Å²) in [6.45, 7) is 9.24. The lowest BCUT2D eigenvalue weighted by molar-refractivity contribution is 0.139. The molecule has 26 heavy (non-hydrogen) atoms. The minimum atomic E-state index is 0.477. The molecule has 0 aliphatic carbocycles. The molecule has 146 valence electrons. The lowest BCUT2D eigenvalue weighted by Crippen LogP contribution is -2.47. The highest BCUT2D eigenvalue weighted by Crippen LogP contribution is 2.27. The van der Waals surface area contributed by atoms with E-state index in [9.17, 15) is 0 Å². The molecule has 7 nitrogen and oxygen atoms in total. The highest BCUT2D eigenvalue weighted by atomic mass is 16.5. The molecule has 1 atom stereocenters. The van der Waals surface area contributed by atoms with E-state index in [0.717, 1.165) is 44.8 Å². The lowest BCUT2D eigenvalue weighted by atomic mass is 10.1. The van der Waals surface area contributed by atoms with Gasteiger partial charge in [0.15, 0.2) is 17.5 Å². The first-order chi connectivity index (χ1) is 12.5. The van der Waals surface area contributed by atoms with Gasteiger partial charge in [-0.3, -0.25) is 0 Å². The van der Waals surface area contributed by atoms with Crippen LogP contribution in [0.4, 0.5) is 0 Å². The third kappa shape index (κ3) is 6.38. The van der Waals surface area contributed by atoms with Crippen LogP contribution in [0.25, 0.3) is 0 Å². The van der Waals surface area contributed by atoms with Gasteiger partial charge in [0, 0.05) is 39.3 Å². The standard InChI is InChI=1S/C19H33N5O2/c1-15(14-24-9-7-23(2)8-10-24)12-21-19(20)22-13-16-5-6-17(25-3)18(11-16)26-4/h5-6,11,15H,7-10,12-14H2,1-4H3,(H3,20,21,22). The quantitative estimate of drug-likeness (QED) is 0.530. The molecule has 7 heteroatoms. The fourth-order valence-electron chi connectivity index (χ4n) is 3.03. The zero-order chi connectivity index (χ0) is 18.9. The fourth-order valence-corrected chi connectivity index (χ4v) is 3.03. The number of aliphatic imine (C=N–C) groups is 1. The first kappa shape index (κ1) is 20.3. The Morgan fingerprint density at radius 1 is 1.19 bits per heavy atom. The smallest absolute Gasteiger partial charge is 0.188 e. The van der Waals surface area contributed by atoms with Gasteiger partial charge in [-0.05, 0) is 30.7 Å². The molecular weight excluding hydrogens is 330 g/mol. The summed E-state index contributed by atoms with van der Waals surface area (Å²) in [5.74, 6) is 2.41. The largest absolute Gasteiger partial charge is 0.493 e. The zero-order valence-corrected chi connectivity index (χ0v) is 16.5. The number of methoxy groups -OCH3 is 2. The number of rotatable bonds is 8. The normalized spacial score (nSPS) is 17.8. The molecule has 1 unspecified atom stereocenters. The van der Waals surface area contributed by atoms with E-state index in [0.29, 0.717) is 29.9 Å². The van der Waals surface area contributed by atoms with Gasteiger partial charge >= 0.3 is 0 Å². The number of nitrogens with zero attached hydrogens (tertiary/aromatic N) is 3. The van der Waals surface area contributed by atoms with Gasteiger partial charge in [0.2, 0.25) is 0 Å². The Kier molecular flexibility index (Phi) is 8.00. The van der Waals surface area contributed by atoms with Gasteiger partial charge in [0.1, 0.15) is 0 Å². The second kappa shape index (κ2) is 10.2. The van der Waals surface area contributed by atoms with E-state index in [1.165, 1.54) is 0 Å². The average molecular weight is 364 g/mol. The van der Waals surface area contributed by atoms with Crippen molar-refractivity contribution in [3.05, 3.63) is 23.8 Å². The molecular formula is C19H33N5O2. The van der Waals surface area contributed by atoms with Crippen molar-refractivity contribution in [3.8, 4) is 11.5 Å². The first-order valence-corrected chi connectivity index (χ1v) is 9.17. The number of nitrogens with one attached hydrogen (secondary N) is 1. The lowest BCUT2D eigenvalue weighted by Gasteiger charge is -2.34. The molecule has 1 aliphatic heterocycles. The first-order valence-electron chi connectivity index (χ1n) is 9.17. The van der Waals surface area contributed by atoms with E-state index in [1.54, 1.807) is 14.2 Å². The molecule has 2 rings (SSSR count). The number of likely N-dealkylation sites (N-methyl/N-ethyl adjacent to an activating group) is 1. The molecule has 3 N–H and O–H groups in total. The van der Waals surface area contributed by atoms with Gasteiger partial charge in [-0.2, -0.15) is 0 Å². The molecule has 1 saturated heterocycles. The molecule has 1 heterocycles. The van der Waals surface area contributed by atoms with Crippen molar-refractivity contribution < 1.29 is 9.47 Å². The minimum Gasteiger partial charge on any atom is -0.493 e. The van der Waals surface area contributed by atoms with Gasteiger partial charge < -0.3 is 30.3 Å². The van der Waals surface area contributed by atoms with E-state index >= 15 is 0 Å². The van der Waals surface area contributed by atoms with Crippen LogP contribution in [0, 0.1) is 5.92 Å². The molecule has 0 radical (unpaired) electrons. The Morgan fingerprint density at radius 3 is 2.54 bits per heavy atom. The monoisotopic (exact) mass is 363 g/mol. The third-order valence-electron chi connectivity index (χ3n) is 4.68. The van der Waals surface area contributed by atoms with Crippen molar-refractivity contribution in [2.75, 3.05) is 60.5 Å². The fraction of sp³-hybridized carbons (Fsp3) is 0.632. The van der Waals surface area contributed by atoms with Crippen molar-refractivity contribution in [2.45, 2.75) is 13.5 Å². The van der Waals surface area contributed by atoms with Crippen LogP contribution in [0.15, 0.2) is 23.2 Å². The Morgan fingerprint density at radius 2 is 1.88 bits per heavy atom. The summed E-state index contributed by atoms with van der Waals surface area (Å²) in [4.78, 5) is 9.31. The Hall–Kier alpha value is -1.99. The van der Waals surface area contributed by atoms with Crippen LogP contribution < -0.4 is 20.5 Å². The molecule has 1 aromatic carbocycles. The molecule has 1 aliphatic rings. The summed E-state index contributed by atoms with van der Waals surface area (Å²) >= 11 is 0. The van der Waals surface area contributed by atoms with Crippen molar-refractivity contribution in [1.82, 2.24) is 15.1 Å². The number of guanidine groups is 1. The Labute approximate surface area is 157 Å². The second-order valence-electron chi connectivity index (χ2n) is 6.98. The summed E-state index contributed by atoms with van der Waals surface area (Å²) in [6, 6.07) is 5.77. The van der Waals surface area contributed by atoms with E-state index in [4.69, 9.17) is 15.2 Å². The predicted octanol–water partition coefficient (Wildman–Crippen LogP) is 0.992. The van der Waals surface area contributed by atoms with Crippen molar-refractivity contribution in [2.24, 2.45) is 16.6 Å². The Bertz CT molecular complexity index is 585. The highest BCUT2D eigenvalue weighted by Gasteiger charge is 2.16. The van der Waals surface area contributed by atoms with Crippen molar-refractivity contribution >= 4 is 5.96 Å². The van der Waals surface area contributed by atoms with E-state index < -0.39 is 0 Å². The van der Waals surface area contributed by atoms with Crippen molar-refractivity contribution in [1.29, 1.82) is 0 Å².